The lowest BCUT2D eigenvalue weighted by molar-refractivity contribution is -0.885. The third-order valence-corrected chi connectivity index (χ3v) is 4.52. The lowest BCUT2D eigenvalue weighted by Crippen LogP contribution is -3.08. The van der Waals surface area contributed by atoms with Gasteiger partial charge in [0, 0.05) is 11.6 Å². The third kappa shape index (κ3) is 5.26. The highest BCUT2D eigenvalue weighted by atomic mass is 35.5. The highest BCUT2D eigenvalue weighted by Gasteiger charge is 2.15. The predicted octanol–water partition coefficient (Wildman–Crippen LogP) is 2.66. The summed E-state index contributed by atoms with van der Waals surface area (Å²) in [7, 11) is 5.04. The number of benzene rings is 2. The molecule has 2 N–H and O–H groups in total. The van der Waals surface area contributed by atoms with Crippen molar-refractivity contribution in [2.75, 3.05) is 33.1 Å². The Labute approximate surface area is 157 Å². The van der Waals surface area contributed by atoms with Crippen LogP contribution in [0.2, 0.25) is 10.0 Å². The highest BCUT2D eigenvalue weighted by molar-refractivity contribution is 6.42. The fourth-order valence-corrected chi connectivity index (χ4v) is 2.84. The molecular weight excluding hydrogens is 363 g/mol. The number of carbonyl (C=O) groups excluding carboxylic acids is 1. The number of ether oxygens (including phenoxy) is 2. The maximum Gasteiger partial charge on any atom is 0.279 e. The maximum absolute atomic E-state index is 12.3. The van der Waals surface area contributed by atoms with Gasteiger partial charge in [0.05, 0.1) is 37.0 Å². The monoisotopic (exact) mass is 383 g/mol. The van der Waals surface area contributed by atoms with Crippen LogP contribution in [-0.4, -0.2) is 33.7 Å². The molecule has 0 fully saturated rings. The molecule has 0 heterocycles. The van der Waals surface area contributed by atoms with Crippen molar-refractivity contribution in [1.82, 2.24) is 0 Å². The van der Waals surface area contributed by atoms with Crippen LogP contribution >= 0.6 is 23.2 Å². The van der Waals surface area contributed by atoms with Gasteiger partial charge in [-0.05, 0) is 18.2 Å². The van der Waals surface area contributed by atoms with Gasteiger partial charge in [0.25, 0.3) is 5.91 Å². The first-order valence-electron chi connectivity index (χ1n) is 7.70. The van der Waals surface area contributed by atoms with Gasteiger partial charge in [-0.15, -0.1) is 0 Å². The summed E-state index contributed by atoms with van der Waals surface area (Å²) in [6.07, 6.45) is 0. The number of quaternary nitrogens is 1. The van der Waals surface area contributed by atoms with E-state index in [1.165, 1.54) is 0 Å². The molecule has 0 radical (unpaired) electrons. The Balaban J connectivity index is 2.01. The van der Waals surface area contributed by atoms with Gasteiger partial charge in [-0.1, -0.05) is 35.3 Å². The van der Waals surface area contributed by atoms with Gasteiger partial charge in [0.15, 0.2) is 6.54 Å². The average molecular weight is 384 g/mol. The summed E-state index contributed by atoms with van der Waals surface area (Å²) in [6.45, 7) is 0.852. The van der Waals surface area contributed by atoms with E-state index in [0.29, 0.717) is 33.8 Å². The van der Waals surface area contributed by atoms with Gasteiger partial charge >= 0.3 is 0 Å². The predicted molar refractivity (Wildman–Crippen MR) is 100 cm³/mol. The first-order valence-corrected chi connectivity index (χ1v) is 8.46. The van der Waals surface area contributed by atoms with Crippen molar-refractivity contribution in [2.45, 2.75) is 6.54 Å². The van der Waals surface area contributed by atoms with Crippen molar-refractivity contribution in [3.8, 4) is 11.5 Å². The Morgan fingerprint density at radius 1 is 1.16 bits per heavy atom. The largest absolute Gasteiger partial charge is 0.497 e. The number of nitrogens with one attached hydrogen (secondary N) is 2. The number of hydrogen-bond acceptors (Lipinski definition) is 3. The molecule has 2 rings (SSSR count). The zero-order valence-corrected chi connectivity index (χ0v) is 15.9. The van der Waals surface area contributed by atoms with Crippen molar-refractivity contribution < 1.29 is 19.2 Å². The summed E-state index contributed by atoms with van der Waals surface area (Å²) in [5.74, 6) is 1.08. The number of methoxy groups -OCH3 is 2. The number of hydrogen-bond donors (Lipinski definition) is 2. The molecule has 1 amide bonds. The van der Waals surface area contributed by atoms with Gasteiger partial charge < -0.3 is 19.7 Å². The van der Waals surface area contributed by atoms with E-state index in [4.69, 9.17) is 32.7 Å². The van der Waals surface area contributed by atoms with Crippen molar-refractivity contribution in [3.05, 3.63) is 52.0 Å². The molecule has 2 aromatic rings. The maximum atomic E-state index is 12.3. The normalized spacial score (nSPS) is 11.7. The molecule has 7 heteroatoms. The van der Waals surface area contributed by atoms with Crippen molar-refractivity contribution in [3.63, 3.8) is 0 Å². The molecule has 1 atom stereocenters. The van der Waals surface area contributed by atoms with Crippen LogP contribution < -0.4 is 19.7 Å². The summed E-state index contributed by atoms with van der Waals surface area (Å²) in [5, 5.41) is 3.89. The lowest BCUT2D eigenvalue weighted by atomic mass is 10.2. The molecule has 0 aliphatic carbocycles. The number of likely N-dealkylation sites (N-methyl/N-ethyl adjacent to an activating group) is 1. The number of rotatable bonds is 7. The Bertz CT molecular complexity index is 753. The number of amides is 1. The van der Waals surface area contributed by atoms with Gasteiger partial charge in [-0.3, -0.25) is 4.79 Å². The molecule has 0 aliphatic heterocycles. The Hall–Kier alpha value is -1.95. The zero-order valence-electron chi connectivity index (χ0n) is 14.4. The van der Waals surface area contributed by atoms with Gasteiger partial charge in [0.1, 0.15) is 18.0 Å². The average Bonchev–Trinajstić information content (AvgIpc) is 2.58. The number of halogens is 2. The summed E-state index contributed by atoms with van der Waals surface area (Å²) in [5.41, 5.74) is 1.47. The molecule has 0 aliphatic rings. The molecule has 0 saturated carbocycles. The second-order valence-electron chi connectivity index (χ2n) is 5.64. The topological polar surface area (TPSA) is 52.0 Å². The van der Waals surface area contributed by atoms with E-state index < -0.39 is 0 Å². The molecule has 0 aromatic heterocycles. The molecule has 1 unspecified atom stereocenters. The van der Waals surface area contributed by atoms with Crippen LogP contribution in [0, 0.1) is 0 Å². The molecule has 25 heavy (non-hydrogen) atoms. The smallest absolute Gasteiger partial charge is 0.279 e. The fraction of sp³-hybridized carbons (Fsp3) is 0.278. The van der Waals surface area contributed by atoms with E-state index in [0.717, 1.165) is 10.5 Å². The van der Waals surface area contributed by atoms with Crippen LogP contribution in [-0.2, 0) is 11.3 Å². The van der Waals surface area contributed by atoms with Crippen molar-refractivity contribution in [1.29, 1.82) is 0 Å². The Kier molecular flexibility index (Phi) is 6.93. The van der Waals surface area contributed by atoms with Crippen molar-refractivity contribution in [2.24, 2.45) is 0 Å². The molecule has 0 saturated heterocycles. The SMILES string of the molecule is COc1ccc(OC)c(NC(=O)C[NH+](C)Cc2cccc(Cl)c2Cl)c1. The van der Waals surface area contributed by atoms with E-state index in [1.807, 2.05) is 19.2 Å². The Morgan fingerprint density at radius 2 is 1.92 bits per heavy atom. The standard InChI is InChI=1S/C18H20Cl2N2O3/c1-22(10-12-5-4-6-14(19)18(12)20)11-17(23)21-15-9-13(24-2)7-8-16(15)25-3/h4-9H,10-11H2,1-3H3,(H,21,23)/p+1. The highest BCUT2D eigenvalue weighted by Crippen LogP contribution is 2.28. The second kappa shape index (κ2) is 8.94. The van der Waals surface area contributed by atoms with Gasteiger partial charge in [-0.25, -0.2) is 0 Å². The molecule has 2 aromatic carbocycles. The van der Waals surface area contributed by atoms with E-state index in [2.05, 4.69) is 5.32 Å². The molecule has 134 valence electrons. The molecule has 0 bridgehead atoms. The lowest BCUT2D eigenvalue weighted by Gasteiger charge is -2.16. The minimum atomic E-state index is -0.137. The van der Waals surface area contributed by atoms with E-state index in [1.54, 1.807) is 38.5 Å². The van der Waals surface area contributed by atoms with Crippen LogP contribution in [0.3, 0.4) is 0 Å². The quantitative estimate of drug-likeness (QED) is 0.772. The fourth-order valence-electron chi connectivity index (χ4n) is 2.45. The summed E-state index contributed by atoms with van der Waals surface area (Å²) >= 11 is 12.2. The third-order valence-electron chi connectivity index (χ3n) is 3.67. The summed E-state index contributed by atoms with van der Waals surface area (Å²) < 4.78 is 10.4. The second-order valence-corrected chi connectivity index (χ2v) is 6.42. The van der Waals surface area contributed by atoms with E-state index >= 15 is 0 Å². The minimum absolute atomic E-state index is 0.137. The summed E-state index contributed by atoms with van der Waals surface area (Å²) in [4.78, 5) is 13.3. The van der Waals surface area contributed by atoms with E-state index in [9.17, 15) is 4.79 Å². The Morgan fingerprint density at radius 3 is 2.60 bits per heavy atom. The first kappa shape index (κ1) is 19.4. The van der Waals surface area contributed by atoms with Gasteiger partial charge in [0.2, 0.25) is 0 Å². The molecular formula is C18H21Cl2N2O3+. The van der Waals surface area contributed by atoms with E-state index in [-0.39, 0.29) is 12.5 Å². The van der Waals surface area contributed by atoms with Crippen LogP contribution in [0.4, 0.5) is 5.69 Å². The molecule has 5 nitrogen and oxygen atoms in total. The minimum Gasteiger partial charge on any atom is -0.497 e. The van der Waals surface area contributed by atoms with Crippen LogP contribution in [0.1, 0.15) is 5.56 Å². The van der Waals surface area contributed by atoms with Crippen LogP contribution in [0.5, 0.6) is 11.5 Å². The molecule has 0 spiro atoms. The van der Waals surface area contributed by atoms with Crippen LogP contribution in [0.25, 0.3) is 0 Å². The number of carbonyl (C=O) groups is 1. The zero-order chi connectivity index (χ0) is 18.4. The van der Waals surface area contributed by atoms with Crippen molar-refractivity contribution >= 4 is 34.8 Å². The van der Waals surface area contributed by atoms with Gasteiger partial charge in [-0.2, -0.15) is 0 Å². The van der Waals surface area contributed by atoms with Crippen LogP contribution in [0.15, 0.2) is 36.4 Å². The first-order chi connectivity index (χ1) is 11.9. The number of anilines is 1. The summed E-state index contributed by atoms with van der Waals surface area (Å²) in [6, 6.07) is 10.7.